The third-order valence-corrected chi connectivity index (χ3v) is 4.23. The SMILES string of the molecule is COc1ccc(CNc2ncnc3c2CCC3)c(C)c1OC. The first-order valence-electron chi connectivity index (χ1n) is 7.51. The van der Waals surface area contributed by atoms with Crippen molar-refractivity contribution >= 4 is 5.82 Å². The largest absolute Gasteiger partial charge is 0.493 e. The lowest BCUT2D eigenvalue weighted by Gasteiger charge is -2.15. The zero-order valence-electron chi connectivity index (χ0n) is 13.3. The summed E-state index contributed by atoms with van der Waals surface area (Å²) in [5.41, 5.74) is 4.70. The molecule has 1 aromatic carbocycles. The molecular weight excluding hydrogens is 278 g/mol. The van der Waals surface area contributed by atoms with Crippen LogP contribution in [-0.4, -0.2) is 24.2 Å². The van der Waals surface area contributed by atoms with Gasteiger partial charge in [-0.2, -0.15) is 0 Å². The third-order valence-electron chi connectivity index (χ3n) is 4.23. The van der Waals surface area contributed by atoms with E-state index < -0.39 is 0 Å². The number of hydrogen-bond donors (Lipinski definition) is 1. The van der Waals surface area contributed by atoms with Gasteiger partial charge in [0.1, 0.15) is 12.1 Å². The van der Waals surface area contributed by atoms with E-state index in [1.165, 1.54) is 16.8 Å². The Bertz CT molecular complexity index is 686. The van der Waals surface area contributed by atoms with Crippen LogP contribution in [0.15, 0.2) is 18.5 Å². The molecule has 0 aliphatic heterocycles. The van der Waals surface area contributed by atoms with Gasteiger partial charge in [0.05, 0.1) is 14.2 Å². The van der Waals surface area contributed by atoms with Crippen molar-refractivity contribution in [1.82, 2.24) is 9.97 Å². The second kappa shape index (κ2) is 6.22. The second-order valence-electron chi connectivity index (χ2n) is 5.44. The van der Waals surface area contributed by atoms with Crippen molar-refractivity contribution in [2.45, 2.75) is 32.7 Å². The summed E-state index contributed by atoms with van der Waals surface area (Å²) < 4.78 is 10.8. The molecule has 0 saturated carbocycles. The van der Waals surface area contributed by atoms with Crippen LogP contribution in [0.2, 0.25) is 0 Å². The zero-order valence-corrected chi connectivity index (χ0v) is 13.3. The number of aryl methyl sites for hydroxylation is 1. The molecule has 0 spiro atoms. The summed E-state index contributed by atoms with van der Waals surface area (Å²) >= 11 is 0. The van der Waals surface area contributed by atoms with E-state index in [2.05, 4.69) is 21.4 Å². The molecule has 0 fully saturated rings. The van der Waals surface area contributed by atoms with Crippen LogP contribution in [0.3, 0.4) is 0 Å². The number of nitrogens with zero attached hydrogens (tertiary/aromatic N) is 2. The van der Waals surface area contributed by atoms with Crippen LogP contribution in [0.25, 0.3) is 0 Å². The Morgan fingerprint density at radius 2 is 2.00 bits per heavy atom. The van der Waals surface area contributed by atoms with E-state index in [0.29, 0.717) is 6.54 Å². The highest BCUT2D eigenvalue weighted by molar-refractivity contribution is 5.53. The van der Waals surface area contributed by atoms with Gasteiger partial charge in [0.15, 0.2) is 11.5 Å². The molecule has 1 aromatic heterocycles. The van der Waals surface area contributed by atoms with Crippen LogP contribution >= 0.6 is 0 Å². The Morgan fingerprint density at radius 1 is 1.14 bits per heavy atom. The van der Waals surface area contributed by atoms with Gasteiger partial charge in [-0.05, 0) is 43.4 Å². The average Bonchev–Trinajstić information content (AvgIpc) is 3.02. The lowest BCUT2D eigenvalue weighted by molar-refractivity contribution is 0.352. The topological polar surface area (TPSA) is 56.3 Å². The highest BCUT2D eigenvalue weighted by Crippen LogP contribution is 2.33. The quantitative estimate of drug-likeness (QED) is 0.920. The first-order valence-corrected chi connectivity index (χ1v) is 7.51. The maximum Gasteiger partial charge on any atom is 0.163 e. The van der Waals surface area contributed by atoms with E-state index in [1.807, 2.05) is 13.0 Å². The molecule has 5 heteroatoms. The molecule has 1 N–H and O–H groups in total. The predicted molar refractivity (Wildman–Crippen MR) is 85.7 cm³/mol. The summed E-state index contributed by atoms with van der Waals surface area (Å²) in [4.78, 5) is 8.75. The summed E-state index contributed by atoms with van der Waals surface area (Å²) in [6.07, 6.45) is 4.93. The first-order chi connectivity index (χ1) is 10.7. The lowest BCUT2D eigenvalue weighted by atomic mass is 10.1. The fourth-order valence-corrected chi connectivity index (χ4v) is 3.00. The average molecular weight is 299 g/mol. The lowest BCUT2D eigenvalue weighted by Crippen LogP contribution is -2.07. The number of methoxy groups -OCH3 is 2. The normalized spacial score (nSPS) is 12.9. The number of benzene rings is 1. The number of nitrogens with one attached hydrogen (secondary N) is 1. The minimum Gasteiger partial charge on any atom is -0.493 e. The van der Waals surface area contributed by atoms with E-state index in [4.69, 9.17) is 9.47 Å². The summed E-state index contributed by atoms with van der Waals surface area (Å²) in [5, 5.41) is 3.44. The minimum atomic E-state index is 0.704. The highest BCUT2D eigenvalue weighted by atomic mass is 16.5. The molecular formula is C17H21N3O2. The van der Waals surface area contributed by atoms with E-state index in [9.17, 15) is 0 Å². The van der Waals surface area contributed by atoms with Crippen molar-refractivity contribution in [1.29, 1.82) is 0 Å². The minimum absolute atomic E-state index is 0.704. The number of ether oxygens (including phenoxy) is 2. The summed E-state index contributed by atoms with van der Waals surface area (Å²) in [6, 6.07) is 4.00. The number of anilines is 1. The maximum atomic E-state index is 5.46. The van der Waals surface area contributed by atoms with Crippen molar-refractivity contribution in [3.8, 4) is 11.5 Å². The predicted octanol–water partition coefficient (Wildman–Crippen LogP) is 2.90. The molecule has 0 unspecified atom stereocenters. The monoisotopic (exact) mass is 299 g/mol. The van der Waals surface area contributed by atoms with Crippen LogP contribution in [0, 0.1) is 6.92 Å². The van der Waals surface area contributed by atoms with Gasteiger partial charge in [0.2, 0.25) is 0 Å². The van der Waals surface area contributed by atoms with E-state index >= 15 is 0 Å². The molecule has 3 rings (SSSR count). The summed E-state index contributed by atoms with van der Waals surface area (Å²) in [7, 11) is 3.32. The maximum absolute atomic E-state index is 5.46. The van der Waals surface area contributed by atoms with Crippen LogP contribution in [-0.2, 0) is 19.4 Å². The van der Waals surface area contributed by atoms with Crippen LogP contribution in [0.5, 0.6) is 11.5 Å². The van der Waals surface area contributed by atoms with Gasteiger partial charge in [-0.3, -0.25) is 0 Å². The second-order valence-corrected chi connectivity index (χ2v) is 5.44. The van der Waals surface area contributed by atoms with Crippen LogP contribution < -0.4 is 14.8 Å². The summed E-state index contributed by atoms with van der Waals surface area (Å²) in [6.45, 7) is 2.75. The van der Waals surface area contributed by atoms with Gasteiger partial charge < -0.3 is 14.8 Å². The van der Waals surface area contributed by atoms with Crippen molar-refractivity contribution in [3.05, 3.63) is 40.8 Å². The Labute approximate surface area is 130 Å². The molecule has 2 aromatic rings. The highest BCUT2D eigenvalue weighted by Gasteiger charge is 2.17. The Kier molecular flexibility index (Phi) is 4.13. The molecule has 5 nitrogen and oxygen atoms in total. The Hall–Kier alpha value is -2.30. The fraction of sp³-hybridized carbons (Fsp3) is 0.412. The molecule has 0 atom stereocenters. The van der Waals surface area contributed by atoms with Crippen LogP contribution in [0.4, 0.5) is 5.82 Å². The first kappa shape index (κ1) is 14.6. The summed E-state index contributed by atoms with van der Waals surface area (Å²) in [5.74, 6) is 2.50. The molecule has 1 aliphatic rings. The molecule has 116 valence electrons. The third kappa shape index (κ3) is 2.58. The Morgan fingerprint density at radius 3 is 2.77 bits per heavy atom. The molecule has 0 radical (unpaired) electrons. The van der Waals surface area contributed by atoms with Gasteiger partial charge in [0.25, 0.3) is 0 Å². The van der Waals surface area contributed by atoms with Crippen molar-refractivity contribution < 1.29 is 9.47 Å². The Balaban J connectivity index is 1.82. The van der Waals surface area contributed by atoms with Crippen LogP contribution in [0.1, 0.15) is 28.8 Å². The molecule has 22 heavy (non-hydrogen) atoms. The number of aromatic nitrogens is 2. The van der Waals surface area contributed by atoms with Crippen molar-refractivity contribution in [2.75, 3.05) is 19.5 Å². The van der Waals surface area contributed by atoms with Crippen molar-refractivity contribution in [2.24, 2.45) is 0 Å². The van der Waals surface area contributed by atoms with Gasteiger partial charge in [-0.1, -0.05) is 6.07 Å². The zero-order chi connectivity index (χ0) is 15.5. The van der Waals surface area contributed by atoms with Gasteiger partial charge in [-0.15, -0.1) is 0 Å². The number of fused-ring (bicyclic) bond motifs is 1. The smallest absolute Gasteiger partial charge is 0.163 e. The molecule has 0 saturated heterocycles. The molecule has 0 amide bonds. The van der Waals surface area contributed by atoms with E-state index in [0.717, 1.165) is 42.1 Å². The van der Waals surface area contributed by atoms with Gasteiger partial charge >= 0.3 is 0 Å². The van der Waals surface area contributed by atoms with Gasteiger partial charge in [-0.25, -0.2) is 9.97 Å². The standard InChI is InChI=1S/C17H21N3O2/c1-11-12(7-8-15(21-2)16(11)22-3)9-18-17-13-5-4-6-14(13)19-10-20-17/h7-8,10H,4-6,9H2,1-3H3,(H,18,19,20). The van der Waals surface area contributed by atoms with Gasteiger partial charge in [0, 0.05) is 17.8 Å². The molecule has 1 aliphatic carbocycles. The van der Waals surface area contributed by atoms with E-state index in [-0.39, 0.29) is 0 Å². The molecule has 1 heterocycles. The number of hydrogen-bond acceptors (Lipinski definition) is 5. The number of rotatable bonds is 5. The molecule has 0 bridgehead atoms. The fourth-order valence-electron chi connectivity index (χ4n) is 3.00. The van der Waals surface area contributed by atoms with E-state index in [1.54, 1.807) is 20.5 Å². The van der Waals surface area contributed by atoms with Crippen molar-refractivity contribution in [3.63, 3.8) is 0 Å².